The zero-order chi connectivity index (χ0) is 16.2. The smallest absolute Gasteiger partial charge is 0.274 e. The van der Waals surface area contributed by atoms with Crippen LogP contribution in [0.5, 0.6) is 0 Å². The average molecular weight is 352 g/mol. The molecule has 1 N–H and O–H groups in total. The van der Waals surface area contributed by atoms with Crippen LogP contribution in [-0.4, -0.2) is 37.2 Å². The Morgan fingerprint density at radius 1 is 1.17 bits per heavy atom. The Morgan fingerprint density at radius 2 is 1.87 bits per heavy atom. The Labute approximate surface area is 144 Å². The van der Waals surface area contributed by atoms with Gasteiger partial charge in [0.05, 0.1) is 28.9 Å². The second-order valence-electron chi connectivity index (χ2n) is 5.05. The molecule has 2 aromatic rings. The van der Waals surface area contributed by atoms with Gasteiger partial charge in [-0.2, -0.15) is 0 Å². The Kier molecular flexibility index (Phi) is 5.00. The lowest BCUT2D eigenvalue weighted by molar-refractivity contribution is 0.102. The number of benzene rings is 1. The number of halogens is 2. The minimum Gasteiger partial charge on any atom is -0.378 e. The summed E-state index contributed by atoms with van der Waals surface area (Å²) in [6.45, 7) is 2.95. The van der Waals surface area contributed by atoms with Gasteiger partial charge in [-0.1, -0.05) is 29.3 Å². The monoisotopic (exact) mass is 351 g/mol. The molecule has 0 unspecified atom stereocenters. The van der Waals surface area contributed by atoms with Crippen LogP contribution in [0.25, 0.3) is 0 Å². The summed E-state index contributed by atoms with van der Waals surface area (Å²) in [7, 11) is 0. The summed E-state index contributed by atoms with van der Waals surface area (Å²) < 4.78 is 5.34. The normalized spacial score (nSPS) is 14.6. The predicted octanol–water partition coefficient (Wildman–Crippen LogP) is 3.48. The van der Waals surface area contributed by atoms with E-state index >= 15 is 0 Å². The van der Waals surface area contributed by atoms with Crippen molar-refractivity contribution in [1.82, 2.24) is 4.98 Å². The zero-order valence-corrected chi connectivity index (χ0v) is 13.8. The summed E-state index contributed by atoms with van der Waals surface area (Å²) in [4.78, 5) is 18.7. The molecular weight excluding hydrogens is 337 g/mol. The fourth-order valence-corrected chi connectivity index (χ4v) is 2.85. The highest BCUT2D eigenvalue weighted by atomic mass is 35.5. The van der Waals surface area contributed by atoms with Gasteiger partial charge in [-0.3, -0.25) is 9.78 Å². The van der Waals surface area contributed by atoms with Gasteiger partial charge in [0.2, 0.25) is 0 Å². The molecular formula is C16H15Cl2N3O2. The van der Waals surface area contributed by atoms with Gasteiger partial charge in [-0.15, -0.1) is 0 Å². The lowest BCUT2D eigenvalue weighted by Gasteiger charge is -2.28. The molecule has 1 saturated heterocycles. The first-order chi connectivity index (χ1) is 11.1. The Bertz CT molecular complexity index is 698. The summed E-state index contributed by atoms with van der Waals surface area (Å²) in [5, 5.41) is 3.49. The number of carbonyl (C=O) groups excluding carboxylic acids is 1. The number of carbonyl (C=O) groups is 1. The molecule has 0 aliphatic carbocycles. The maximum Gasteiger partial charge on any atom is 0.274 e. The number of pyridine rings is 1. The highest BCUT2D eigenvalue weighted by Crippen LogP contribution is 2.30. The van der Waals surface area contributed by atoms with E-state index in [0.29, 0.717) is 34.6 Å². The molecule has 0 bridgehead atoms. The van der Waals surface area contributed by atoms with Gasteiger partial charge in [-0.25, -0.2) is 0 Å². The van der Waals surface area contributed by atoms with Crippen molar-refractivity contribution in [3.8, 4) is 0 Å². The van der Waals surface area contributed by atoms with Gasteiger partial charge in [0, 0.05) is 25.0 Å². The minimum absolute atomic E-state index is 0.310. The highest BCUT2D eigenvalue weighted by Gasteiger charge is 2.16. The van der Waals surface area contributed by atoms with Crippen molar-refractivity contribution >= 4 is 40.5 Å². The van der Waals surface area contributed by atoms with E-state index < -0.39 is 0 Å². The summed E-state index contributed by atoms with van der Waals surface area (Å²) in [6, 6.07) is 8.69. The lowest BCUT2D eigenvalue weighted by atomic mass is 10.2. The number of rotatable bonds is 3. The van der Waals surface area contributed by atoms with Crippen molar-refractivity contribution in [3.05, 3.63) is 52.3 Å². The third kappa shape index (κ3) is 3.75. The summed E-state index contributed by atoms with van der Waals surface area (Å²) in [6.07, 6.45) is 1.62. The first-order valence-electron chi connectivity index (χ1n) is 7.19. The molecule has 0 saturated carbocycles. The van der Waals surface area contributed by atoms with Crippen molar-refractivity contribution in [1.29, 1.82) is 0 Å². The second-order valence-corrected chi connectivity index (χ2v) is 5.86. The fraction of sp³-hybridized carbons (Fsp3) is 0.250. The standard InChI is InChI=1S/C16H15Cl2N3O2/c17-12-2-1-3-13(18)15(12)20-16(22)14-10-11(4-5-19-14)21-6-8-23-9-7-21/h1-5,10H,6-9H2,(H,20,22). The molecule has 1 amide bonds. The van der Waals surface area contributed by atoms with Crippen molar-refractivity contribution in [2.24, 2.45) is 0 Å². The maximum absolute atomic E-state index is 12.4. The topological polar surface area (TPSA) is 54.5 Å². The molecule has 1 aromatic carbocycles. The van der Waals surface area contributed by atoms with E-state index in [1.54, 1.807) is 30.5 Å². The number of para-hydroxylation sites is 1. The molecule has 0 radical (unpaired) electrons. The van der Waals surface area contributed by atoms with Gasteiger partial charge >= 0.3 is 0 Å². The summed E-state index contributed by atoms with van der Waals surface area (Å²) in [5.41, 5.74) is 1.64. The van der Waals surface area contributed by atoms with Crippen LogP contribution < -0.4 is 10.2 Å². The highest BCUT2D eigenvalue weighted by molar-refractivity contribution is 6.40. The van der Waals surface area contributed by atoms with Crippen LogP contribution in [0.15, 0.2) is 36.5 Å². The van der Waals surface area contributed by atoms with E-state index in [1.807, 2.05) is 6.07 Å². The molecule has 1 aliphatic rings. The molecule has 1 aliphatic heterocycles. The van der Waals surface area contributed by atoms with E-state index in [0.717, 1.165) is 18.8 Å². The van der Waals surface area contributed by atoms with E-state index in [2.05, 4.69) is 15.2 Å². The number of anilines is 2. The van der Waals surface area contributed by atoms with Crippen molar-refractivity contribution in [3.63, 3.8) is 0 Å². The molecule has 3 rings (SSSR count). The number of aromatic nitrogens is 1. The first-order valence-corrected chi connectivity index (χ1v) is 7.95. The number of amides is 1. The Morgan fingerprint density at radius 3 is 2.57 bits per heavy atom. The number of hydrogen-bond donors (Lipinski definition) is 1. The van der Waals surface area contributed by atoms with E-state index in [9.17, 15) is 4.79 Å². The molecule has 120 valence electrons. The van der Waals surface area contributed by atoms with Gasteiger partial charge in [-0.05, 0) is 24.3 Å². The summed E-state index contributed by atoms with van der Waals surface area (Å²) >= 11 is 12.1. The number of morpholine rings is 1. The van der Waals surface area contributed by atoms with Crippen LogP contribution >= 0.6 is 23.2 Å². The molecule has 7 heteroatoms. The SMILES string of the molecule is O=C(Nc1c(Cl)cccc1Cl)c1cc(N2CCOCC2)ccn1. The number of nitrogens with one attached hydrogen (secondary N) is 1. The van der Waals surface area contributed by atoms with Crippen LogP contribution in [0.2, 0.25) is 10.0 Å². The van der Waals surface area contributed by atoms with Gasteiger partial charge in [0.25, 0.3) is 5.91 Å². The first kappa shape index (κ1) is 16.1. The maximum atomic E-state index is 12.4. The third-order valence-corrected chi connectivity index (χ3v) is 4.18. The molecule has 1 fully saturated rings. The zero-order valence-electron chi connectivity index (χ0n) is 12.3. The molecule has 1 aromatic heterocycles. The van der Waals surface area contributed by atoms with Crippen LogP contribution in [0.1, 0.15) is 10.5 Å². The molecule has 0 atom stereocenters. The molecule has 2 heterocycles. The molecule has 0 spiro atoms. The van der Waals surface area contributed by atoms with Crippen molar-refractivity contribution in [2.75, 3.05) is 36.5 Å². The average Bonchev–Trinajstić information content (AvgIpc) is 2.59. The quantitative estimate of drug-likeness (QED) is 0.919. The number of nitrogens with zero attached hydrogens (tertiary/aromatic N) is 2. The predicted molar refractivity (Wildman–Crippen MR) is 91.7 cm³/mol. The molecule has 5 nitrogen and oxygen atoms in total. The largest absolute Gasteiger partial charge is 0.378 e. The van der Waals surface area contributed by atoms with Crippen LogP contribution in [0.4, 0.5) is 11.4 Å². The minimum atomic E-state index is -0.352. The van der Waals surface area contributed by atoms with Crippen molar-refractivity contribution < 1.29 is 9.53 Å². The van der Waals surface area contributed by atoms with Gasteiger partial charge in [0.1, 0.15) is 5.69 Å². The van der Waals surface area contributed by atoms with E-state index in [4.69, 9.17) is 27.9 Å². The number of ether oxygens (including phenoxy) is 1. The Hall–Kier alpha value is -1.82. The molecule has 23 heavy (non-hydrogen) atoms. The lowest BCUT2D eigenvalue weighted by Crippen LogP contribution is -2.36. The number of hydrogen-bond acceptors (Lipinski definition) is 4. The van der Waals surface area contributed by atoms with E-state index in [1.165, 1.54) is 0 Å². The van der Waals surface area contributed by atoms with E-state index in [-0.39, 0.29) is 5.91 Å². The second kappa shape index (κ2) is 7.17. The van der Waals surface area contributed by atoms with Gasteiger partial charge in [0.15, 0.2) is 0 Å². The summed E-state index contributed by atoms with van der Waals surface area (Å²) in [5.74, 6) is -0.352. The fourth-order valence-electron chi connectivity index (χ4n) is 2.36. The Balaban J connectivity index is 1.80. The van der Waals surface area contributed by atoms with Gasteiger partial charge < -0.3 is 15.0 Å². The third-order valence-electron chi connectivity index (χ3n) is 3.55. The van der Waals surface area contributed by atoms with Crippen molar-refractivity contribution in [2.45, 2.75) is 0 Å². The van der Waals surface area contributed by atoms with Crippen LogP contribution in [-0.2, 0) is 4.74 Å². The van der Waals surface area contributed by atoms with Crippen LogP contribution in [0.3, 0.4) is 0 Å². The van der Waals surface area contributed by atoms with Crippen LogP contribution in [0, 0.1) is 0 Å².